The lowest BCUT2D eigenvalue weighted by Gasteiger charge is -2.13. The number of halogens is 1. The summed E-state index contributed by atoms with van der Waals surface area (Å²) in [6, 6.07) is 4.77. The van der Waals surface area contributed by atoms with Crippen LogP contribution in [-0.4, -0.2) is 9.97 Å². The van der Waals surface area contributed by atoms with Crippen molar-refractivity contribution in [2.75, 3.05) is 10.7 Å². The van der Waals surface area contributed by atoms with Crippen LogP contribution in [0.2, 0.25) is 0 Å². The van der Waals surface area contributed by atoms with Crippen molar-refractivity contribution in [2.45, 2.75) is 26.7 Å². The van der Waals surface area contributed by atoms with Gasteiger partial charge in [-0.2, -0.15) is 0 Å². The summed E-state index contributed by atoms with van der Waals surface area (Å²) in [5.41, 5.74) is 4.95. The van der Waals surface area contributed by atoms with E-state index in [-0.39, 0.29) is 5.82 Å². The number of rotatable bonds is 5. The van der Waals surface area contributed by atoms with E-state index in [1.807, 2.05) is 13.0 Å². The van der Waals surface area contributed by atoms with Crippen LogP contribution in [0.3, 0.4) is 0 Å². The van der Waals surface area contributed by atoms with Crippen molar-refractivity contribution < 1.29 is 4.39 Å². The maximum absolute atomic E-state index is 13.4. The topological polar surface area (TPSA) is 75.9 Å². The number of aromatic nitrogens is 2. The summed E-state index contributed by atoms with van der Waals surface area (Å²) in [6.07, 6.45) is 3.12. The summed E-state index contributed by atoms with van der Waals surface area (Å²) in [6.45, 7) is 3.90. The molecular formula is C14H18FN5. The first-order valence-electron chi connectivity index (χ1n) is 6.48. The second kappa shape index (κ2) is 6.29. The van der Waals surface area contributed by atoms with E-state index in [1.165, 1.54) is 18.5 Å². The second-order valence-corrected chi connectivity index (χ2v) is 4.59. The maximum atomic E-state index is 13.4. The molecule has 6 heteroatoms. The Morgan fingerprint density at radius 1 is 1.20 bits per heavy atom. The highest BCUT2D eigenvalue weighted by Gasteiger charge is 2.10. The highest BCUT2D eigenvalue weighted by Crippen LogP contribution is 2.25. The zero-order chi connectivity index (χ0) is 14.5. The molecule has 1 aromatic heterocycles. The van der Waals surface area contributed by atoms with Crippen molar-refractivity contribution in [3.8, 4) is 0 Å². The normalized spacial score (nSPS) is 10.4. The van der Waals surface area contributed by atoms with Gasteiger partial charge in [-0.15, -0.1) is 0 Å². The van der Waals surface area contributed by atoms with E-state index in [9.17, 15) is 4.39 Å². The Bertz CT molecular complexity index is 580. The average Bonchev–Trinajstić information content (AvgIpc) is 2.39. The Balaban J connectivity index is 2.37. The number of hydrogen-bond donors (Lipinski definition) is 3. The smallest absolute Gasteiger partial charge is 0.148 e. The van der Waals surface area contributed by atoms with Gasteiger partial charge in [0.15, 0.2) is 0 Å². The van der Waals surface area contributed by atoms with Gasteiger partial charge >= 0.3 is 0 Å². The molecule has 0 saturated heterocycles. The SMILES string of the molecule is CCCc1c(NN)ncnc1Nc1cc(C)cc(F)c1. The monoisotopic (exact) mass is 275 g/mol. The van der Waals surface area contributed by atoms with Gasteiger partial charge < -0.3 is 10.7 Å². The van der Waals surface area contributed by atoms with Gasteiger partial charge in [-0.3, -0.25) is 0 Å². The van der Waals surface area contributed by atoms with E-state index < -0.39 is 0 Å². The molecule has 0 spiro atoms. The standard InChI is InChI=1S/C14H18FN5/c1-3-4-12-13(17-8-18-14(12)20-16)19-11-6-9(2)5-10(15)7-11/h5-8H,3-4,16H2,1-2H3,(H2,17,18,19,20). The van der Waals surface area contributed by atoms with E-state index in [0.717, 1.165) is 24.0 Å². The molecule has 0 bridgehead atoms. The molecule has 0 aliphatic carbocycles. The summed E-state index contributed by atoms with van der Waals surface area (Å²) in [7, 11) is 0. The van der Waals surface area contributed by atoms with E-state index in [4.69, 9.17) is 5.84 Å². The fraction of sp³-hybridized carbons (Fsp3) is 0.286. The molecule has 0 aliphatic rings. The molecule has 0 amide bonds. The third-order valence-electron chi connectivity index (χ3n) is 2.89. The third-order valence-corrected chi connectivity index (χ3v) is 2.89. The fourth-order valence-corrected chi connectivity index (χ4v) is 2.08. The van der Waals surface area contributed by atoms with Crippen LogP contribution in [0.25, 0.3) is 0 Å². The van der Waals surface area contributed by atoms with Crippen molar-refractivity contribution in [1.82, 2.24) is 9.97 Å². The van der Waals surface area contributed by atoms with Gasteiger partial charge in [0.1, 0.15) is 23.8 Å². The first-order valence-corrected chi connectivity index (χ1v) is 6.48. The second-order valence-electron chi connectivity index (χ2n) is 4.59. The highest BCUT2D eigenvalue weighted by atomic mass is 19.1. The lowest BCUT2D eigenvalue weighted by atomic mass is 10.1. The van der Waals surface area contributed by atoms with Gasteiger partial charge in [-0.1, -0.05) is 13.3 Å². The number of aryl methyl sites for hydroxylation is 1. The molecule has 0 saturated carbocycles. The van der Waals surface area contributed by atoms with Crippen LogP contribution >= 0.6 is 0 Å². The highest BCUT2D eigenvalue weighted by molar-refractivity contribution is 5.65. The van der Waals surface area contributed by atoms with Gasteiger partial charge in [0.05, 0.1) is 0 Å². The van der Waals surface area contributed by atoms with Crippen LogP contribution in [0.4, 0.5) is 21.7 Å². The zero-order valence-electron chi connectivity index (χ0n) is 11.6. The molecular weight excluding hydrogens is 257 g/mol. The van der Waals surface area contributed by atoms with Crippen molar-refractivity contribution in [3.05, 3.63) is 41.5 Å². The minimum Gasteiger partial charge on any atom is -0.340 e. The van der Waals surface area contributed by atoms with E-state index >= 15 is 0 Å². The minimum absolute atomic E-state index is 0.282. The first kappa shape index (κ1) is 14.2. The fourth-order valence-electron chi connectivity index (χ4n) is 2.08. The number of hydrogen-bond acceptors (Lipinski definition) is 5. The summed E-state index contributed by atoms with van der Waals surface area (Å²) in [5, 5.41) is 3.13. The van der Waals surface area contributed by atoms with Crippen LogP contribution in [0, 0.1) is 12.7 Å². The van der Waals surface area contributed by atoms with Gasteiger partial charge in [-0.05, 0) is 37.1 Å². The molecule has 20 heavy (non-hydrogen) atoms. The van der Waals surface area contributed by atoms with Crippen molar-refractivity contribution in [1.29, 1.82) is 0 Å². The molecule has 0 fully saturated rings. The summed E-state index contributed by atoms with van der Waals surface area (Å²) in [4.78, 5) is 8.31. The molecule has 4 N–H and O–H groups in total. The number of nitrogen functional groups attached to an aromatic ring is 1. The molecule has 1 aromatic carbocycles. The number of anilines is 3. The van der Waals surface area contributed by atoms with Gasteiger partial charge in [0.2, 0.25) is 0 Å². The Hall–Kier alpha value is -2.21. The molecule has 106 valence electrons. The van der Waals surface area contributed by atoms with E-state index in [2.05, 4.69) is 27.6 Å². The summed E-state index contributed by atoms with van der Waals surface area (Å²) in [5.74, 6) is 6.40. The maximum Gasteiger partial charge on any atom is 0.148 e. The molecule has 0 radical (unpaired) electrons. The number of nitrogens with one attached hydrogen (secondary N) is 2. The van der Waals surface area contributed by atoms with Crippen LogP contribution in [0.5, 0.6) is 0 Å². The van der Waals surface area contributed by atoms with Crippen molar-refractivity contribution in [2.24, 2.45) is 5.84 Å². The molecule has 0 unspecified atom stereocenters. The Labute approximate surface area is 117 Å². The van der Waals surface area contributed by atoms with Crippen LogP contribution in [0.1, 0.15) is 24.5 Å². The van der Waals surface area contributed by atoms with Crippen molar-refractivity contribution in [3.63, 3.8) is 0 Å². The van der Waals surface area contributed by atoms with Crippen LogP contribution in [0.15, 0.2) is 24.5 Å². The predicted octanol–water partition coefficient (Wildman–Crippen LogP) is 2.91. The third kappa shape index (κ3) is 3.21. The molecule has 2 aromatic rings. The minimum atomic E-state index is -0.282. The molecule has 1 heterocycles. The lowest BCUT2D eigenvalue weighted by Crippen LogP contribution is -2.13. The predicted molar refractivity (Wildman–Crippen MR) is 78.3 cm³/mol. The molecule has 5 nitrogen and oxygen atoms in total. The largest absolute Gasteiger partial charge is 0.340 e. The zero-order valence-corrected chi connectivity index (χ0v) is 11.6. The average molecular weight is 275 g/mol. The molecule has 0 aliphatic heterocycles. The van der Waals surface area contributed by atoms with Gasteiger partial charge in [-0.25, -0.2) is 20.2 Å². The van der Waals surface area contributed by atoms with Crippen LogP contribution < -0.4 is 16.6 Å². The summed E-state index contributed by atoms with van der Waals surface area (Å²) >= 11 is 0. The van der Waals surface area contributed by atoms with E-state index in [1.54, 1.807) is 0 Å². The van der Waals surface area contributed by atoms with Gasteiger partial charge in [0.25, 0.3) is 0 Å². The van der Waals surface area contributed by atoms with Crippen LogP contribution in [-0.2, 0) is 6.42 Å². The molecule has 2 rings (SSSR count). The Morgan fingerprint density at radius 2 is 1.95 bits per heavy atom. The summed E-state index contributed by atoms with van der Waals surface area (Å²) < 4.78 is 13.4. The first-order chi connectivity index (χ1) is 9.63. The Kier molecular flexibility index (Phi) is 4.47. The molecule has 0 atom stereocenters. The quantitative estimate of drug-likeness (QED) is 0.578. The Morgan fingerprint density at radius 3 is 2.60 bits per heavy atom. The number of benzene rings is 1. The number of nitrogens with zero attached hydrogens (tertiary/aromatic N) is 2. The van der Waals surface area contributed by atoms with E-state index in [0.29, 0.717) is 17.3 Å². The van der Waals surface area contributed by atoms with Crippen molar-refractivity contribution >= 4 is 17.3 Å². The lowest BCUT2D eigenvalue weighted by molar-refractivity contribution is 0.627. The number of hydrazine groups is 1. The number of nitrogens with two attached hydrogens (primary N) is 1. The van der Waals surface area contributed by atoms with Gasteiger partial charge in [0, 0.05) is 11.3 Å².